The fourth-order valence-corrected chi connectivity index (χ4v) is 4.09. The maximum Gasteiger partial charge on any atom is 0.319 e. The van der Waals surface area contributed by atoms with Gasteiger partial charge in [-0.25, -0.2) is 4.79 Å². The molecule has 114 valence electrons. The van der Waals surface area contributed by atoms with Crippen LogP contribution in [0.5, 0.6) is 5.75 Å². The van der Waals surface area contributed by atoms with Crippen LogP contribution < -0.4 is 15.4 Å². The minimum Gasteiger partial charge on any atom is -0.497 e. The number of hydrogen-bond acceptors (Lipinski definition) is 2. The summed E-state index contributed by atoms with van der Waals surface area (Å²) in [5.41, 5.74) is 0.756. The molecule has 2 bridgehead atoms. The first-order chi connectivity index (χ1) is 10.2. The molecular formula is C17H24N2O2. The molecule has 0 radical (unpaired) electrons. The predicted molar refractivity (Wildman–Crippen MR) is 83.5 cm³/mol. The fourth-order valence-electron chi connectivity index (χ4n) is 4.09. The third-order valence-electron chi connectivity index (χ3n) is 5.12. The number of fused-ring (bicyclic) bond motifs is 2. The largest absolute Gasteiger partial charge is 0.497 e. The summed E-state index contributed by atoms with van der Waals surface area (Å²) in [7, 11) is 1.62. The van der Waals surface area contributed by atoms with Crippen molar-refractivity contribution in [2.75, 3.05) is 12.4 Å². The summed E-state index contributed by atoms with van der Waals surface area (Å²) in [6.45, 7) is 2.14. The van der Waals surface area contributed by atoms with E-state index in [0.29, 0.717) is 5.92 Å². The number of ether oxygens (including phenoxy) is 1. The zero-order chi connectivity index (χ0) is 14.8. The summed E-state index contributed by atoms with van der Waals surface area (Å²) in [6.07, 6.45) is 5.39. The van der Waals surface area contributed by atoms with Crippen molar-refractivity contribution in [1.82, 2.24) is 5.32 Å². The number of carbonyl (C=O) groups is 1. The van der Waals surface area contributed by atoms with Gasteiger partial charge in [-0.15, -0.1) is 0 Å². The van der Waals surface area contributed by atoms with Crippen LogP contribution in [0, 0.1) is 17.8 Å². The summed E-state index contributed by atoms with van der Waals surface area (Å²) in [6, 6.07) is 7.53. The van der Waals surface area contributed by atoms with Crippen LogP contribution in [0.2, 0.25) is 0 Å². The second-order valence-electron chi connectivity index (χ2n) is 6.46. The fraction of sp³-hybridized carbons (Fsp3) is 0.588. The molecule has 0 aromatic heterocycles. The molecule has 0 saturated heterocycles. The lowest BCUT2D eigenvalue weighted by Gasteiger charge is -2.28. The van der Waals surface area contributed by atoms with Crippen LogP contribution in [-0.4, -0.2) is 19.2 Å². The smallest absolute Gasteiger partial charge is 0.319 e. The Labute approximate surface area is 126 Å². The molecule has 21 heavy (non-hydrogen) atoms. The van der Waals surface area contributed by atoms with Crippen LogP contribution in [-0.2, 0) is 0 Å². The first-order valence-electron chi connectivity index (χ1n) is 7.87. The lowest BCUT2D eigenvalue weighted by Crippen LogP contribution is -2.42. The van der Waals surface area contributed by atoms with Gasteiger partial charge in [-0.2, -0.15) is 0 Å². The van der Waals surface area contributed by atoms with E-state index in [1.54, 1.807) is 7.11 Å². The minimum atomic E-state index is -0.126. The molecule has 3 rings (SSSR count). The third-order valence-corrected chi connectivity index (χ3v) is 5.12. The average molecular weight is 288 g/mol. The molecule has 0 unspecified atom stereocenters. The van der Waals surface area contributed by atoms with Crippen LogP contribution >= 0.6 is 0 Å². The summed E-state index contributed by atoms with van der Waals surface area (Å²) in [5, 5.41) is 5.99. The third kappa shape index (κ3) is 3.14. The molecule has 2 amide bonds. The molecule has 2 aliphatic carbocycles. The standard InChI is InChI=1S/C17H24N2O2/c1-11(16-9-12-6-7-13(16)8-12)18-17(20)19-14-4-3-5-15(10-14)21-2/h3-5,10-13,16H,6-9H2,1-2H3,(H2,18,19,20)/t11-,12-,13-,16+/m0/s1. The van der Waals surface area contributed by atoms with E-state index in [0.717, 1.165) is 23.3 Å². The zero-order valence-electron chi connectivity index (χ0n) is 12.8. The number of benzene rings is 1. The highest BCUT2D eigenvalue weighted by molar-refractivity contribution is 5.89. The Bertz CT molecular complexity index is 517. The van der Waals surface area contributed by atoms with Crippen molar-refractivity contribution in [3.63, 3.8) is 0 Å². The highest BCUT2D eigenvalue weighted by atomic mass is 16.5. The van der Waals surface area contributed by atoms with Crippen molar-refractivity contribution in [2.45, 2.75) is 38.6 Å². The molecule has 4 nitrogen and oxygen atoms in total. The van der Waals surface area contributed by atoms with E-state index in [1.165, 1.54) is 25.7 Å². The van der Waals surface area contributed by atoms with Crippen molar-refractivity contribution in [3.8, 4) is 5.75 Å². The Balaban J connectivity index is 1.53. The Hall–Kier alpha value is -1.71. The molecule has 2 aliphatic rings. The Morgan fingerprint density at radius 1 is 1.33 bits per heavy atom. The Kier molecular flexibility index (Phi) is 4.04. The predicted octanol–water partition coefficient (Wildman–Crippen LogP) is 3.64. The number of amides is 2. The van der Waals surface area contributed by atoms with E-state index in [2.05, 4.69) is 17.6 Å². The van der Waals surface area contributed by atoms with Crippen LogP contribution in [0.1, 0.15) is 32.6 Å². The highest BCUT2D eigenvalue weighted by Crippen LogP contribution is 2.49. The maximum atomic E-state index is 12.1. The van der Waals surface area contributed by atoms with E-state index in [1.807, 2.05) is 24.3 Å². The normalized spacial score (nSPS) is 28.2. The Morgan fingerprint density at radius 3 is 2.86 bits per heavy atom. The number of nitrogens with one attached hydrogen (secondary N) is 2. The van der Waals surface area contributed by atoms with Crippen molar-refractivity contribution >= 4 is 11.7 Å². The lowest BCUT2D eigenvalue weighted by atomic mass is 9.84. The molecule has 2 fully saturated rings. The number of methoxy groups -OCH3 is 1. The lowest BCUT2D eigenvalue weighted by molar-refractivity contribution is 0.230. The number of urea groups is 1. The quantitative estimate of drug-likeness (QED) is 0.888. The van der Waals surface area contributed by atoms with Crippen LogP contribution in [0.25, 0.3) is 0 Å². The molecule has 0 aliphatic heterocycles. The topological polar surface area (TPSA) is 50.4 Å². The van der Waals surface area contributed by atoms with E-state index >= 15 is 0 Å². The molecule has 0 heterocycles. The molecule has 2 saturated carbocycles. The van der Waals surface area contributed by atoms with Gasteiger partial charge in [-0.1, -0.05) is 12.5 Å². The summed E-state index contributed by atoms with van der Waals surface area (Å²) in [4.78, 5) is 12.1. The number of carbonyl (C=O) groups excluding carboxylic acids is 1. The Morgan fingerprint density at radius 2 is 2.19 bits per heavy atom. The number of hydrogen-bond donors (Lipinski definition) is 2. The second kappa shape index (κ2) is 5.96. The van der Waals surface area contributed by atoms with Gasteiger partial charge in [0.15, 0.2) is 0 Å². The van der Waals surface area contributed by atoms with E-state index in [9.17, 15) is 4.79 Å². The van der Waals surface area contributed by atoms with Crippen LogP contribution in [0.3, 0.4) is 0 Å². The first kappa shape index (κ1) is 14.2. The zero-order valence-corrected chi connectivity index (χ0v) is 12.8. The molecule has 1 aromatic carbocycles. The number of anilines is 1. The average Bonchev–Trinajstić information content (AvgIpc) is 3.10. The molecule has 1 aromatic rings. The molecular weight excluding hydrogens is 264 g/mol. The SMILES string of the molecule is COc1cccc(NC(=O)N[C@@H](C)[C@H]2C[C@H]3CC[C@H]2C3)c1. The monoisotopic (exact) mass is 288 g/mol. The van der Waals surface area contributed by atoms with Gasteiger partial charge in [-0.05, 0) is 56.1 Å². The van der Waals surface area contributed by atoms with Gasteiger partial charge in [0.05, 0.1) is 7.11 Å². The van der Waals surface area contributed by atoms with Crippen molar-refractivity contribution in [3.05, 3.63) is 24.3 Å². The van der Waals surface area contributed by atoms with E-state index in [-0.39, 0.29) is 12.1 Å². The molecule has 4 atom stereocenters. The molecule has 2 N–H and O–H groups in total. The van der Waals surface area contributed by atoms with Crippen LogP contribution in [0.15, 0.2) is 24.3 Å². The van der Waals surface area contributed by atoms with Gasteiger partial charge in [-0.3, -0.25) is 0 Å². The van der Waals surface area contributed by atoms with Crippen molar-refractivity contribution < 1.29 is 9.53 Å². The van der Waals surface area contributed by atoms with Crippen LogP contribution in [0.4, 0.5) is 10.5 Å². The van der Waals surface area contributed by atoms with Crippen molar-refractivity contribution in [2.24, 2.45) is 17.8 Å². The van der Waals surface area contributed by atoms with Gasteiger partial charge in [0.1, 0.15) is 5.75 Å². The summed E-state index contributed by atoms with van der Waals surface area (Å²) < 4.78 is 5.16. The number of rotatable bonds is 4. The summed E-state index contributed by atoms with van der Waals surface area (Å²) in [5.74, 6) is 3.13. The maximum absolute atomic E-state index is 12.1. The first-order valence-corrected chi connectivity index (χ1v) is 7.87. The van der Waals surface area contributed by atoms with Gasteiger partial charge in [0.2, 0.25) is 0 Å². The van der Waals surface area contributed by atoms with Gasteiger partial charge >= 0.3 is 6.03 Å². The van der Waals surface area contributed by atoms with E-state index in [4.69, 9.17) is 4.74 Å². The molecule has 4 heteroatoms. The summed E-state index contributed by atoms with van der Waals surface area (Å²) >= 11 is 0. The minimum absolute atomic E-state index is 0.126. The van der Waals surface area contributed by atoms with E-state index < -0.39 is 0 Å². The highest BCUT2D eigenvalue weighted by Gasteiger charge is 2.42. The van der Waals surface area contributed by atoms with Crippen molar-refractivity contribution in [1.29, 1.82) is 0 Å². The van der Waals surface area contributed by atoms with Gasteiger partial charge in [0.25, 0.3) is 0 Å². The van der Waals surface area contributed by atoms with Gasteiger partial charge in [0, 0.05) is 17.8 Å². The van der Waals surface area contributed by atoms with Gasteiger partial charge < -0.3 is 15.4 Å². The second-order valence-corrected chi connectivity index (χ2v) is 6.46. The molecule has 0 spiro atoms.